The molecule has 1 unspecified atom stereocenters. The molecule has 2 aromatic rings. The molecule has 1 heterocycles. The third-order valence-electron chi connectivity index (χ3n) is 4.60. The number of nitrogens with one attached hydrogen (secondary N) is 1. The highest BCUT2D eigenvalue weighted by Crippen LogP contribution is 2.32. The van der Waals surface area contributed by atoms with Gasteiger partial charge in [-0.2, -0.15) is 0 Å². The number of hydrogen-bond donors (Lipinski definition) is 1. The summed E-state index contributed by atoms with van der Waals surface area (Å²) in [7, 11) is 1.60. The van der Waals surface area contributed by atoms with E-state index in [1.807, 2.05) is 44.2 Å². The van der Waals surface area contributed by atoms with Crippen molar-refractivity contribution in [2.75, 3.05) is 25.6 Å². The Labute approximate surface area is 186 Å². The van der Waals surface area contributed by atoms with Crippen LogP contribution in [0.4, 0.5) is 11.4 Å². The van der Waals surface area contributed by atoms with Crippen molar-refractivity contribution in [3.05, 3.63) is 48.5 Å². The molecule has 0 spiro atoms. The normalized spacial score (nSPS) is 17.1. The van der Waals surface area contributed by atoms with Crippen molar-refractivity contribution >= 4 is 40.1 Å². The molecule has 1 atom stereocenters. The number of benzene rings is 2. The van der Waals surface area contributed by atoms with Crippen molar-refractivity contribution in [3.8, 4) is 11.5 Å². The van der Waals surface area contributed by atoms with Crippen LogP contribution >= 0.6 is 11.8 Å². The molecule has 1 aliphatic rings. The lowest BCUT2D eigenvalue weighted by molar-refractivity contribution is -0.128. The van der Waals surface area contributed by atoms with Gasteiger partial charge in [-0.3, -0.25) is 14.5 Å². The second-order valence-corrected chi connectivity index (χ2v) is 8.08. The molecular weight excluding hydrogens is 414 g/mol. The van der Waals surface area contributed by atoms with Crippen LogP contribution in [0, 0.1) is 0 Å². The number of carbonyl (C=O) groups excluding carboxylic acids is 2. The summed E-state index contributed by atoms with van der Waals surface area (Å²) >= 11 is 1.31. The van der Waals surface area contributed by atoms with E-state index in [0.717, 1.165) is 12.2 Å². The Balaban J connectivity index is 1.64. The van der Waals surface area contributed by atoms with Crippen LogP contribution < -0.4 is 14.8 Å². The van der Waals surface area contributed by atoms with Crippen LogP contribution in [0.25, 0.3) is 0 Å². The second-order valence-electron chi connectivity index (χ2n) is 6.91. The molecule has 0 saturated carbocycles. The zero-order valence-corrected chi connectivity index (χ0v) is 18.8. The molecule has 1 saturated heterocycles. The molecule has 1 fully saturated rings. The molecule has 3 rings (SSSR count). The molecule has 0 aromatic heterocycles. The molecule has 1 aliphatic heterocycles. The number of carbonyl (C=O) groups is 2. The van der Waals surface area contributed by atoms with Crippen molar-refractivity contribution < 1.29 is 19.1 Å². The highest BCUT2D eigenvalue weighted by atomic mass is 32.2. The Morgan fingerprint density at radius 3 is 2.61 bits per heavy atom. The number of amides is 2. The van der Waals surface area contributed by atoms with Crippen LogP contribution in [0.1, 0.15) is 26.7 Å². The fourth-order valence-corrected chi connectivity index (χ4v) is 4.26. The van der Waals surface area contributed by atoms with E-state index in [0.29, 0.717) is 35.4 Å². The van der Waals surface area contributed by atoms with Gasteiger partial charge in [0.25, 0.3) is 0 Å². The lowest BCUT2D eigenvalue weighted by atomic mass is 10.2. The van der Waals surface area contributed by atoms with Gasteiger partial charge in [0.2, 0.25) is 11.8 Å². The highest BCUT2D eigenvalue weighted by molar-refractivity contribution is 8.15. The largest absolute Gasteiger partial charge is 0.497 e. The van der Waals surface area contributed by atoms with Crippen LogP contribution in [0.5, 0.6) is 11.5 Å². The first-order valence-electron chi connectivity index (χ1n) is 10.3. The van der Waals surface area contributed by atoms with Crippen LogP contribution in [-0.4, -0.2) is 47.4 Å². The zero-order valence-electron chi connectivity index (χ0n) is 18.0. The van der Waals surface area contributed by atoms with Crippen molar-refractivity contribution in [2.24, 2.45) is 4.99 Å². The first-order chi connectivity index (χ1) is 15.0. The van der Waals surface area contributed by atoms with Crippen LogP contribution in [0.2, 0.25) is 0 Å². The standard InChI is InChI=1S/C23H27N3O4S/c1-4-13-30-18-11-9-16(10-12-18)24-21(27)15-20-22(28)26(5-2)23(31-20)25-17-7-6-8-19(14-17)29-3/h6-12,14,20H,4-5,13,15H2,1-3H3,(H,24,27). The average Bonchev–Trinajstić information content (AvgIpc) is 3.06. The van der Waals surface area contributed by atoms with E-state index in [1.165, 1.54) is 11.8 Å². The van der Waals surface area contributed by atoms with Crippen LogP contribution in [-0.2, 0) is 9.59 Å². The first-order valence-corrected chi connectivity index (χ1v) is 11.2. The quantitative estimate of drug-likeness (QED) is 0.621. The Bertz CT molecular complexity index is 946. The average molecular weight is 442 g/mol. The number of methoxy groups -OCH3 is 1. The summed E-state index contributed by atoms with van der Waals surface area (Å²) in [5, 5.41) is 2.94. The maximum Gasteiger partial charge on any atom is 0.242 e. The molecule has 7 nitrogen and oxygen atoms in total. The Hall–Kier alpha value is -3.00. The molecule has 1 N–H and O–H groups in total. The van der Waals surface area contributed by atoms with Gasteiger partial charge in [0.15, 0.2) is 5.17 Å². The first kappa shape index (κ1) is 22.7. The third kappa shape index (κ3) is 6.01. The van der Waals surface area contributed by atoms with Crippen molar-refractivity contribution in [1.29, 1.82) is 0 Å². The van der Waals surface area contributed by atoms with E-state index in [1.54, 1.807) is 30.2 Å². The van der Waals surface area contributed by atoms with Crippen molar-refractivity contribution in [1.82, 2.24) is 4.90 Å². The van der Waals surface area contributed by atoms with Gasteiger partial charge in [-0.25, -0.2) is 4.99 Å². The summed E-state index contributed by atoms with van der Waals surface area (Å²) in [6.07, 6.45) is 1.01. The van der Waals surface area contributed by atoms with Gasteiger partial charge in [0, 0.05) is 24.7 Å². The second kappa shape index (κ2) is 10.9. The smallest absolute Gasteiger partial charge is 0.242 e. The van der Waals surface area contributed by atoms with Gasteiger partial charge >= 0.3 is 0 Å². The lowest BCUT2D eigenvalue weighted by Crippen LogP contribution is -2.33. The van der Waals surface area contributed by atoms with Gasteiger partial charge in [0.05, 0.1) is 19.4 Å². The maximum atomic E-state index is 12.8. The molecule has 0 aliphatic carbocycles. The summed E-state index contributed by atoms with van der Waals surface area (Å²) in [6.45, 7) is 5.08. The molecule has 164 valence electrons. The third-order valence-corrected chi connectivity index (χ3v) is 5.77. The van der Waals surface area contributed by atoms with Crippen LogP contribution in [0.3, 0.4) is 0 Å². The van der Waals surface area contributed by atoms with Crippen LogP contribution in [0.15, 0.2) is 53.5 Å². The molecule has 2 amide bonds. The zero-order chi connectivity index (χ0) is 22.2. The summed E-state index contributed by atoms with van der Waals surface area (Å²) in [6, 6.07) is 14.6. The maximum absolute atomic E-state index is 12.8. The monoisotopic (exact) mass is 441 g/mol. The minimum Gasteiger partial charge on any atom is -0.497 e. The van der Waals surface area contributed by atoms with Gasteiger partial charge in [-0.15, -0.1) is 0 Å². The Morgan fingerprint density at radius 2 is 1.94 bits per heavy atom. The molecule has 0 radical (unpaired) electrons. The summed E-state index contributed by atoms with van der Waals surface area (Å²) in [5.41, 5.74) is 1.37. The summed E-state index contributed by atoms with van der Waals surface area (Å²) in [4.78, 5) is 31.5. The number of anilines is 1. The van der Waals surface area contributed by atoms with Gasteiger partial charge in [-0.05, 0) is 49.7 Å². The van der Waals surface area contributed by atoms with E-state index < -0.39 is 5.25 Å². The number of hydrogen-bond acceptors (Lipinski definition) is 6. The number of thioether (sulfide) groups is 1. The molecular formula is C23H27N3O4S. The van der Waals surface area contributed by atoms with E-state index in [2.05, 4.69) is 10.3 Å². The molecule has 31 heavy (non-hydrogen) atoms. The lowest BCUT2D eigenvalue weighted by Gasteiger charge is -2.13. The fourth-order valence-electron chi connectivity index (χ4n) is 3.04. The fraction of sp³-hybridized carbons (Fsp3) is 0.348. The van der Waals surface area contributed by atoms with Crippen molar-refractivity contribution in [2.45, 2.75) is 31.9 Å². The predicted octanol–water partition coefficient (Wildman–Crippen LogP) is 4.46. The minimum absolute atomic E-state index is 0.0746. The summed E-state index contributed by atoms with van der Waals surface area (Å²) in [5.74, 6) is 1.14. The van der Waals surface area contributed by atoms with Crippen molar-refractivity contribution in [3.63, 3.8) is 0 Å². The number of ether oxygens (including phenoxy) is 2. The van der Waals surface area contributed by atoms with Gasteiger partial charge in [-0.1, -0.05) is 24.8 Å². The Morgan fingerprint density at radius 1 is 1.16 bits per heavy atom. The predicted molar refractivity (Wildman–Crippen MR) is 124 cm³/mol. The van der Waals surface area contributed by atoms with E-state index in [-0.39, 0.29) is 18.2 Å². The van der Waals surface area contributed by atoms with Gasteiger partial charge in [0.1, 0.15) is 16.7 Å². The number of nitrogens with zero attached hydrogens (tertiary/aromatic N) is 2. The van der Waals surface area contributed by atoms with Gasteiger partial charge < -0.3 is 14.8 Å². The topological polar surface area (TPSA) is 80.2 Å². The molecule has 8 heteroatoms. The Kier molecular flexibility index (Phi) is 7.94. The minimum atomic E-state index is -0.503. The van der Waals surface area contributed by atoms with E-state index >= 15 is 0 Å². The number of rotatable bonds is 9. The van der Waals surface area contributed by atoms with E-state index in [9.17, 15) is 9.59 Å². The number of amidine groups is 1. The SMILES string of the molecule is CCCOc1ccc(NC(=O)CC2SC(=Nc3cccc(OC)c3)N(CC)C2=O)cc1. The summed E-state index contributed by atoms with van der Waals surface area (Å²) < 4.78 is 10.8. The highest BCUT2D eigenvalue weighted by Gasteiger charge is 2.38. The molecule has 0 bridgehead atoms. The van der Waals surface area contributed by atoms with E-state index in [4.69, 9.17) is 9.47 Å². The molecule has 2 aromatic carbocycles. The number of aliphatic imine (C=N–C) groups is 1.